The lowest BCUT2D eigenvalue weighted by atomic mass is 10.0. The van der Waals surface area contributed by atoms with E-state index in [4.69, 9.17) is 5.73 Å². The third-order valence-electron chi connectivity index (χ3n) is 3.54. The van der Waals surface area contributed by atoms with Crippen LogP contribution >= 0.6 is 0 Å². The molecule has 0 bridgehead atoms. The summed E-state index contributed by atoms with van der Waals surface area (Å²) < 4.78 is 38.7. The van der Waals surface area contributed by atoms with E-state index in [1.165, 1.54) is 6.33 Å². The molecule has 0 spiro atoms. The average Bonchev–Trinajstić information content (AvgIpc) is 2.90. The van der Waals surface area contributed by atoms with Gasteiger partial charge < -0.3 is 15.6 Å². The second kappa shape index (κ2) is 6.07. The van der Waals surface area contributed by atoms with E-state index in [1.54, 1.807) is 11.9 Å². The number of aromatic amines is 1. The molecule has 0 amide bonds. The number of H-pyrrole nitrogens is 1. The van der Waals surface area contributed by atoms with Crippen LogP contribution in [-0.4, -0.2) is 39.6 Å². The Morgan fingerprint density at radius 1 is 1.32 bits per heavy atom. The van der Waals surface area contributed by atoms with Crippen LogP contribution in [0.5, 0.6) is 0 Å². The Kier molecular flexibility index (Phi) is 4.55. The number of nitrogens with one attached hydrogen (secondary N) is 1. The van der Waals surface area contributed by atoms with Crippen molar-refractivity contribution in [3.63, 3.8) is 0 Å². The van der Waals surface area contributed by atoms with Crippen LogP contribution < -0.4 is 10.6 Å². The van der Waals surface area contributed by atoms with E-state index in [0.29, 0.717) is 24.4 Å². The van der Waals surface area contributed by atoms with E-state index >= 15 is 0 Å². The van der Waals surface area contributed by atoms with Gasteiger partial charge in [-0.3, -0.25) is 0 Å². The number of hydrogen-bond donors (Lipinski definition) is 2. The second-order valence-corrected chi connectivity index (χ2v) is 5.59. The molecule has 122 valence electrons. The zero-order valence-corrected chi connectivity index (χ0v) is 12.6. The zero-order chi connectivity index (χ0) is 16.5. The van der Waals surface area contributed by atoms with Crippen LogP contribution in [0.3, 0.4) is 0 Å². The molecule has 0 fully saturated rings. The van der Waals surface area contributed by atoms with E-state index in [1.807, 2.05) is 13.8 Å². The van der Waals surface area contributed by atoms with Gasteiger partial charge in [-0.15, -0.1) is 0 Å². The maximum absolute atomic E-state index is 12.9. The van der Waals surface area contributed by atoms with Crippen molar-refractivity contribution in [1.29, 1.82) is 0 Å². The zero-order valence-electron chi connectivity index (χ0n) is 12.6. The molecule has 2 aromatic rings. The van der Waals surface area contributed by atoms with Crippen LogP contribution in [0.2, 0.25) is 0 Å². The summed E-state index contributed by atoms with van der Waals surface area (Å²) in [5.41, 5.74) is 6.36. The van der Waals surface area contributed by atoms with Crippen LogP contribution in [0.4, 0.5) is 19.0 Å². The number of anilines is 1. The normalized spacial score (nSPS) is 13.8. The van der Waals surface area contributed by atoms with Gasteiger partial charge in [-0.05, 0) is 12.3 Å². The Labute approximate surface area is 125 Å². The fraction of sp³-hybridized carbons (Fsp3) is 0.615. The predicted molar refractivity (Wildman–Crippen MR) is 77.4 cm³/mol. The van der Waals surface area contributed by atoms with Crippen molar-refractivity contribution in [2.45, 2.75) is 32.5 Å². The Morgan fingerprint density at radius 2 is 2.00 bits per heavy atom. The smallest absolute Gasteiger partial charge is 0.358 e. The number of alkyl halides is 3. The SMILES string of the molecule is CC(C)C(N)CCN(C)c1nc(C(F)(F)F)nc2nc[nH]c12. The number of fused-ring (bicyclic) bond motifs is 1. The predicted octanol–water partition coefficient (Wildman–Crippen LogP) is 2.18. The molecule has 1 unspecified atom stereocenters. The fourth-order valence-electron chi connectivity index (χ4n) is 2.00. The molecular weight excluding hydrogens is 297 g/mol. The summed E-state index contributed by atoms with van der Waals surface area (Å²) in [6.07, 6.45) is -2.66. The maximum atomic E-state index is 12.9. The van der Waals surface area contributed by atoms with Gasteiger partial charge in [0, 0.05) is 19.6 Å². The van der Waals surface area contributed by atoms with E-state index < -0.39 is 12.0 Å². The average molecular weight is 316 g/mol. The summed E-state index contributed by atoms with van der Waals surface area (Å²) in [4.78, 5) is 15.3. The summed E-state index contributed by atoms with van der Waals surface area (Å²) in [6.45, 7) is 4.50. The first-order chi connectivity index (χ1) is 10.2. The molecule has 3 N–H and O–H groups in total. The Hall–Kier alpha value is -1.90. The van der Waals surface area contributed by atoms with Gasteiger partial charge in [0.1, 0.15) is 5.52 Å². The molecule has 2 heterocycles. The van der Waals surface area contributed by atoms with Crippen molar-refractivity contribution >= 4 is 17.0 Å². The van der Waals surface area contributed by atoms with E-state index in [-0.39, 0.29) is 17.5 Å². The minimum atomic E-state index is -4.61. The second-order valence-electron chi connectivity index (χ2n) is 5.59. The lowest BCUT2D eigenvalue weighted by Gasteiger charge is -2.23. The molecular formula is C13H19F3N6. The minimum absolute atomic E-state index is 0.00247. The summed E-state index contributed by atoms with van der Waals surface area (Å²) in [5, 5.41) is 0. The molecule has 2 aromatic heterocycles. The highest BCUT2D eigenvalue weighted by Crippen LogP contribution is 2.30. The Morgan fingerprint density at radius 3 is 2.59 bits per heavy atom. The third-order valence-corrected chi connectivity index (χ3v) is 3.54. The molecule has 0 saturated heterocycles. The van der Waals surface area contributed by atoms with E-state index in [0.717, 1.165) is 0 Å². The quantitative estimate of drug-likeness (QED) is 0.883. The van der Waals surface area contributed by atoms with Gasteiger partial charge >= 0.3 is 6.18 Å². The first-order valence-corrected chi connectivity index (χ1v) is 6.95. The standard InChI is InChI=1S/C13H19F3N6/c1-7(2)8(17)4-5-22(3)11-9-10(19-6-18-9)20-12(21-11)13(14,15)16/h6-8H,4-5,17H2,1-3H3,(H,18,19,20,21). The van der Waals surface area contributed by atoms with Crippen molar-refractivity contribution < 1.29 is 13.2 Å². The number of rotatable bonds is 5. The minimum Gasteiger partial charge on any atom is -0.358 e. The summed E-state index contributed by atoms with van der Waals surface area (Å²) in [5.74, 6) is -0.718. The lowest BCUT2D eigenvalue weighted by molar-refractivity contribution is -0.144. The highest BCUT2D eigenvalue weighted by molar-refractivity contribution is 5.82. The lowest BCUT2D eigenvalue weighted by Crippen LogP contribution is -2.32. The topological polar surface area (TPSA) is 83.7 Å². The largest absolute Gasteiger partial charge is 0.451 e. The summed E-state index contributed by atoms with van der Waals surface area (Å²) in [6, 6.07) is -0.0244. The van der Waals surface area contributed by atoms with Gasteiger partial charge in [0.25, 0.3) is 0 Å². The number of nitrogens with two attached hydrogens (primary N) is 1. The first kappa shape index (κ1) is 16.5. The highest BCUT2D eigenvalue weighted by atomic mass is 19.4. The van der Waals surface area contributed by atoms with Crippen LogP contribution in [0.1, 0.15) is 26.1 Å². The van der Waals surface area contributed by atoms with Crippen molar-refractivity contribution in [1.82, 2.24) is 19.9 Å². The fourth-order valence-corrected chi connectivity index (χ4v) is 2.00. The van der Waals surface area contributed by atoms with Gasteiger partial charge in [0.15, 0.2) is 11.5 Å². The molecule has 0 aromatic carbocycles. The van der Waals surface area contributed by atoms with Crippen molar-refractivity contribution in [3.8, 4) is 0 Å². The van der Waals surface area contributed by atoms with Gasteiger partial charge in [0.05, 0.1) is 6.33 Å². The van der Waals surface area contributed by atoms with Gasteiger partial charge in [0.2, 0.25) is 5.82 Å². The maximum Gasteiger partial charge on any atom is 0.451 e. The number of halogens is 3. The molecule has 0 aliphatic carbocycles. The number of hydrogen-bond acceptors (Lipinski definition) is 5. The molecule has 2 rings (SSSR count). The van der Waals surface area contributed by atoms with Gasteiger partial charge in [-0.1, -0.05) is 13.8 Å². The molecule has 0 aliphatic heterocycles. The monoisotopic (exact) mass is 316 g/mol. The van der Waals surface area contributed by atoms with Crippen molar-refractivity contribution in [2.24, 2.45) is 11.7 Å². The van der Waals surface area contributed by atoms with E-state index in [9.17, 15) is 13.2 Å². The molecule has 0 aliphatic rings. The third kappa shape index (κ3) is 3.46. The first-order valence-electron chi connectivity index (χ1n) is 6.95. The van der Waals surface area contributed by atoms with Gasteiger partial charge in [-0.25, -0.2) is 15.0 Å². The number of nitrogens with zero attached hydrogens (tertiary/aromatic N) is 4. The van der Waals surface area contributed by atoms with Crippen LogP contribution in [-0.2, 0) is 6.18 Å². The molecule has 22 heavy (non-hydrogen) atoms. The highest BCUT2D eigenvalue weighted by Gasteiger charge is 2.36. The van der Waals surface area contributed by atoms with Crippen molar-refractivity contribution in [3.05, 3.63) is 12.2 Å². The molecule has 9 heteroatoms. The van der Waals surface area contributed by atoms with Gasteiger partial charge in [-0.2, -0.15) is 13.2 Å². The van der Waals surface area contributed by atoms with Crippen LogP contribution in [0.15, 0.2) is 6.33 Å². The molecule has 0 saturated carbocycles. The van der Waals surface area contributed by atoms with Crippen LogP contribution in [0.25, 0.3) is 11.2 Å². The summed E-state index contributed by atoms with van der Waals surface area (Å²) in [7, 11) is 1.68. The molecule has 1 atom stereocenters. The Balaban J connectivity index is 2.30. The van der Waals surface area contributed by atoms with Crippen molar-refractivity contribution in [2.75, 3.05) is 18.5 Å². The molecule has 0 radical (unpaired) electrons. The molecule has 6 nitrogen and oxygen atoms in total. The Bertz CT molecular complexity index is 636. The van der Waals surface area contributed by atoms with E-state index in [2.05, 4.69) is 19.9 Å². The summed E-state index contributed by atoms with van der Waals surface area (Å²) >= 11 is 0. The number of aromatic nitrogens is 4. The number of imidazole rings is 1. The van der Waals surface area contributed by atoms with Crippen LogP contribution in [0, 0.1) is 5.92 Å².